The molecule has 4 aliphatic carbocycles. The minimum absolute atomic E-state index is 0.404. The molecule has 4 saturated carbocycles. The van der Waals surface area contributed by atoms with Gasteiger partial charge in [0, 0.05) is 12.1 Å². The molecule has 0 heterocycles. The van der Waals surface area contributed by atoms with Gasteiger partial charge in [-0.1, -0.05) is 101 Å². The molecule has 0 aliphatic heterocycles. The van der Waals surface area contributed by atoms with Crippen molar-refractivity contribution < 1.29 is 0 Å². The predicted molar refractivity (Wildman–Crippen MR) is 192 cm³/mol. The number of hydrogen-bond acceptors (Lipinski definition) is 3. The summed E-state index contributed by atoms with van der Waals surface area (Å²) in [7, 11) is 0. The van der Waals surface area contributed by atoms with Crippen LogP contribution in [-0.2, 0) is 0 Å². The van der Waals surface area contributed by atoms with Crippen LogP contribution in [0.3, 0.4) is 0 Å². The third-order valence-corrected chi connectivity index (χ3v) is 10.3. The second-order valence-corrected chi connectivity index (χ2v) is 14.0. The van der Waals surface area contributed by atoms with Crippen LogP contribution in [0.1, 0.15) is 128 Å². The van der Waals surface area contributed by atoms with E-state index < -0.39 is 0 Å². The van der Waals surface area contributed by atoms with Gasteiger partial charge in [-0.15, -0.1) is 0 Å². The predicted octanol–water partition coefficient (Wildman–Crippen LogP) is 9.48. The van der Waals surface area contributed by atoms with Gasteiger partial charge in [-0.3, -0.25) is 0 Å². The lowest BCUT2D eigenvalue weighted by Gasteiger charge is -2.28. The van der Waals surface area contributed by atoms with Crippen LogP contribution in [0.4, 0.5) is 22.7 Å². The highest BCUT2D eigenvalue weighted by Gasteiger charge is 2.21. The number of anilines is 4. The summed E-state index contributed by atoms with van der Waals surface area (Å²) in [6.45, 7) is 0. The van der Waals surface area contributed by atoms with E-state index in [1.54, 1.807) is 0 Å². The molecule has 5 N–H and O–H groups in total. The molecule has 0 spiro atoms. The lowest BCUT2D eigenvalue weighted by atomic mass is 9.95. The summed E-state index contributed by atoms with van der Waals surface area (Å²) in [6.07, 6.45) is 25.4. The van der Waals surface area contributed by atoms with Gasteiger partial charge in [0.05, 0.1) is 34.8 Å². The first-order chi connectivity index (χ1) is 22.3. The number of nitrogens with one attached hydrogen (secondary N) is 5. The Morgan fingerprint density at radius 3 is 1.13 bits per heavy atom. The van der Waals surface area contributed by atoms with E-state index in [1.807, 2.05) is 0 Å². The fraction of sp³-hybridized carbons (Fsp3) is 0.632. The normalized spacial score (nSPS) is 21.7. The molecular weight excluding hydrogens is 554 g/mol. The van der Waals surface area contributed by atoms with Crippen molar-refractivity contribution in [3.8, 4) is 0 Å². The Hall–Kier alpha value is -3.22. The standard InChI is InChI=1S/C38H57N7/c1-5-17-29(18-6-1)39-37(40-30-19-7-2-8-20-30)44-35-27-15-13-25-33(35)43-34-26-14-16-28-36(34)45-38(41-31-21-9-3-10-22-31)42-32-23-11-4-12-24-32/h13-16,25-32,43H,1-12,17-24H2,(H2,39,40,44)(H2,41,42,45). The number of guanidine groups is 2. The van der Waals surface area contributed by atoms with Crippen LogP contribution in [0.5, 0.6) is 0 Å². The first kappa shape index (κ1) is 31.7. The minimum Gasteiger partial charge on any atom is -0.353 e. The molecule has 2 aromatic carbocycles. The van der Waals surface area contributed by atoms with E-state index in [0.29, 0.717) is 24.2 Å². The molecule has 7 heteroatoms. The SMILES string of the molecule is c1ccc(Nc2ccccc2NC(=NC2CCCCC2)NC2CCCCC2)c(NC(=NC2CCCCC2)NC2CCCCC2)c1. The number of hydrogen-bond donors (Lipinski definition) is 5. The van der Waals surface area contributed by atoms with E-state index in [4.69, 9.17) is 9.98 Å². The van der Waals surface area contributed by atoms with Crippen molar-refractivity contribution in [1.82, 2.24) is 10.6 Å². The highest BCUT2D eigenvalue weighted by Crippen LogP contribution is 2.31. The molecule has 0 saturated heterocycles. The Morgan fingerprint density at radius 1 is 0.422 bits per heavy atom. The van der Waals surface area contributed by atoms with E-state index in [1.165, 1.54) is 128 Å². The average Bonchev–Trinajstić information content (AvgIpc) is 3.08. The van der Waals surface area contributed by atoms with E-state index >= 15 is 0 Å². The summed E-state index contributed by atoms with van der Waals surface area (Å²) in [5.74, 6) is 1.88. The van der Waals surface area contributed by atoms with E-state index in [-0.39, 0.29) is 0 Å². The Kier molecular flexibility index (Phi) is 11.9. The maximum Gasteiger partial charge on any atom is 0.196 e. The van der Waals surface area contributed by atoms with Crippen molar-refractivity contribution in [2.45, 2.75) is 153 Å². The van der Waals surface area contributed by atoms with Crippen LogP contribution in [-0.4, -0.2) is 36.1 Å². The second-order valence-electron chi connectivity index (χ2n) is 14.0. The van der Waals surface area contributed by atoms with Crippen molar-refractivity contribution in [3.63, 3.8) is 0 Å². The van der Waals surface area contributed by atoms with Gasteiger partial charge >= 0.3 is 0 Å². The van der Waals surface area contributed by atoms with Crippen LogP contribution in [0, 0.1) is 0 Å². The zero-order valence-electron chi connectivity index (χ0n) is 27.5. The maximum atomic E-state index is 5.27. The maximum absolute atomic E-state index is 5.27. The fourth-order valence-corrected chi connectivity index (χ4v) is 7.68. The molecule has 7 nitrogen and oxygen atoms in total. The summed E-state index contributed by atoms with van der Waals surface area (Å²) >= 11 is 0. The van der Waals surface area contributed by atoms with Gasteiger partial charge in [-0.25, -0.2) is 9.98 Å². The first-order valence-corrected chi connectivity index (χ1v) is 18.5. The molecule has 0 bridgehead atoms. The third kappa shape index (κ3) is 9.88. The topological polar surface area (TPSA) is 84.9 Å². The molecule has 244 valence electrons. The monoisotopic (exact) mass is 611 g/mol. The lowest BCUT2D eigenvalue weighted by molar-refractivity contribution is 0.408. The van der Waals surface area contributed by atoms with Crippen LogP contribution in [0.15, 0.2) is 58.5 Å². The van der Waals surface area contributed by atoms with Crippen LogP contribution in [0.25, 0.3) is 0 Å². The smallest absolute Gasteiger partial charge is 0.196 e. The quantitative estimate of drug-likeness (QED) is 0.152. The van der Waals surface area contributed by atoms with Gasteiger partial charge in [0.1, 0.15) is 0 Å². The number of para-hydroxylation sites is 4. The van der Waals surface area contributed by atoms with Crippen molar-refractivity contribution in [1.29, 1.82) is 0 Å². The van der Waals surface area contributed by atoms with Crippen molar-refractivity contribution in [2.75, 3.05) is 16.0 Å². The highest BCUT2D eigenvalue weighted by molar-refractivity contribution is 6.00. The van der Waals surface area contributed by atoms with E-state index in [0.717, 1.165) is 34.7 Å². The molecule has 0 atom stereocenters. The zero-order chi connectivity index (χ0) is 30.5. The lowest BCUT2D eigenvalue weighted by Crippen LogP contribution is -2.41. The van der Waals surface area contributed by atoms with Gasteiger partial charge in [0.2, 0.25) is 0 Å². The number of aliphatic imine (C=N–C) groups is 2. The zero-order valence-corrected chi connectivity index (χ0v) is 27.5. The Morgan fingerprint density at radius 2 is 0.756 bits per heavy atom. The molecule has 45 heavy (non-hydrogen) atoms. The van der Waals surface area contributed by atoms with Gasteiger partial charge < -0.3 is 26.6 Å². The van der Waals surface area contributed by atoms with E-state index in [9.17, 15) is 0 Å². The molecule has 0 amide bonds. The summed E-state index contributed by atoms with van der Waals surface area (Å²) < 4.78 is 0. The Labute approximate surface area is 271 Å². The van der Waals surface area contributed by atoms with Crippen molar-refractivity contribution in [2.24, 2.45) is 9.98 Å². The highest BCUT2D eigenvalue weighted by atomic mass is 15.2. The molecule has 2 aromatic rings. The summed E-state index contributed by atoms with van der Waals surface area (Å²) in [6, 6.07) is 18.9. The molecule has 0 radical (unpaired) electrons. The molecule has 4 fully saturated rings. The number of nitrogens with zero attached hydrogens (tertiary/aromatic N) is 2. The van der Waals surface area contributed by atoms with Gasteiger partial charge in [-0.2, -0.15) is 0 Å². The molecule has 0 aromatic heterocycles. The Balaban J connectivity index is 1.20. The van der Waals surface area contributed by atoms with Crippen LogP contribution in [0.2, 0.25) is 0 Å². The molecular formula is C38H57N7. The van der Waals surface area contributed by atoms with Crippen LogP contribution < -0.4 is 26.6 Å². The summed E-state index contributed by atoms with van der Waals surface area (Å²) in [5.41, 5.74) is 4.17. The summed E-state index contributed by atoms with van der Waals surface area (Å²) in [5, 5.41) is 18.9. The van der Waals surface area contributed by atoms with Gasteiger partial charge in [0.15, 0.2) is 11.9 Å². The van der Waals surface area contributed by atoms with Gasteiger partial charge in [0.25, 0.3) is 0 Å². The first-order valence-electron chi connectivity index (χ1n) is 18.5. The second kappa shape index (κ2) is 16.9. The number of benzene rings is 2. The molecule has 4 aliphatic rings. The van der Waals surface area contributed by atoms with Crippen molar-refractivity contribution in [3.05, 3.63) is 48.5 Å². The molecule has 0 unspecified atom stereocenters. The van der Waals surface area contributed by atoms with E-state index in [2.05, 4.69) is 75.1 Å². The number of rotatable bonds is 8. The summed E-state index contributed by atoms with van der Waals surface area (Å²) in [4.78, 5) is 10.5. The third-order valence-electron chi connectivity index (χ3n) is 10.3. The minimum atomic E-state index is 0.404. The van der Waals surface area contributed by atoms with Gasteiger partial charge in [-0.05, 0) is 75.6 Å². The average molecular weight is 612 g/mol. The largest absolute Gasteiger partial charge is 0.353 e. The van der Waals surface area contributed by atoms with Crippen molar-refractivity contribution >= 4 is 34.7 Å². The van der Waals surface area contributed by atoms with Crippen LogP contribution >= 0.6 is 0 Å². The Bertz CT molecular complexity index is 1140. The molecule has 6 rings (SSSR count). The fourth-order valence-electron chi connectivity index (χ4n) is 7.68.